The predicted molar refractivity (Wildman–Crippen MR) is 88.6 cm³/mol. The van der Waals surface area contributed by atoms with E-state index in [0.717, 1.165) is 17.8 Å². The summed E-state index contributed by atoms with van der Waals surface area (Å²) in [7, 11) is 0. The van der Waals surface area contributed by atoms with Crippen LogP contribution in [-0.4, -0.2) is 10.1 Å². The zero-order chi connectivity index (χ0) is 15.6. The molecule has 0 saturated heterocycles. The van der Waals surface area contributed by atoms with Gasteiger partial charge in [-0.2, -0.15) is 0 Å². The fourth-order valence-corrected chi connectivity index (χ4v) is 3.10. The highest BCUT2D eigenvalue weighted by Crippen LogP contribution is 2.39. The van der Waals surface area contributed by atoms with Gasteiger partial charge in [-0.1, -0.05) is 50.6 Å². The summed E-state index contributed by atoms with van der Waals surface area (Å²) in [6, 6.07) is 10.4. The Labute approximate surface area is 128 Å². The van der Waals surface area contributed by atoms with Crippen LogP contribution in [0.15, 0.2) is 30.3 Å². The van der Waals surface area contributed by atoms with Crippen LogP contribution >= 0.6 is 0 Å². The van der Waals surface area contributed by atoms with Gasteiger partial charge in [0.2, 0.25) is 0 Å². The minimum Gasteiger partial charge on any atom is -0.386 e. The van der Waals surface area contributed by atoms with E-state index in [2.05, 4.69) is 63.9 Å². The standard InChI is InChI=1S/C19H27NO/c1-6-12(2)17(16-10-8-7-9-11-16)19(21)18-14(4)13(3)15(5)20-18/h7-12,17,19-21H,6H2,1-5H3. The van der Waals surface area contributed by atoms with Crippen LogP contribution in [-0.2, 0) is 0 Å². The van der Waals surface area contributed by atoms with Crippen molar-refractivity contribution < 1.29 is 5.11 Å². The van der Waals surface area contributed by atoms with Crippen LogP contribution in [0.1, 0.15) is 60.4 Å². The largest absolute Gasteiger partial charge is 0.386 e. The van der Waals surface area contributed by atoms with E-state index in [1.165, 1.54) is 16.7 Å². The van der Waals surface area contributed by atoms with Crippen LogP contribution in [0.5, 0.6) is 0 Å². The minimum atomic E-state index is -0.491. The van der Waals surface area contributed by atoms with E-state index in [9.17, 15) is 5.11 Å². The molecule has 3 unspecified atom stereocenters. The van der Waals surface area contributed by atoms with Gasteiger partial charge in [-0.3, -0.25) is 0 Å². The van der Waals surface area contributed by atoms with E-state index in [1.807, 2.05) is 6.07 Å². The Morgan fingerprint density at radius 2 is 1.67 bits per heavy atom. The molecule has 2 rings (SSSR count). The van der Waals surface area contributed by atoms with Crippen molar-refractivity contribution in [2.75, 3.05) is 0 Å². The number of aromatic amines is 1. The summed E-state index contributed by atoms with van der Waals surface area (Å²) in [5, 5.41) is 11.0. The summed E-state index contributed by atoms with van der Waals surface area (Å²) in [6.45, 7) is 10.7. The average Bonchev–Trinajstić information content (AvgIpc) is 2.76. The molecule has 0 amide bonds. The number of aromatic nitrogens is 1. The van der Waals surface area contributed by atoms with Crippen molar-refractivity contribution in [3.63, 3.8) is 0 Å². The first kappa shape index (κ1) is 15.8. The molecule has 0 fully saturated rings. The molecule has 114 valence electrons. The van der Waals surface area contributed by atoms with Gasteiger partial charge in [0.25, 0.3) is 0 Å². The van der Waals surface area contributed by atoms with Gasteiger partial charge in [-0.25, -0.2) is 0 Å². The highest BCUT2D eigenvalue weighted by molar-refractivity contribution is 5.37. The van der Waals surface area contributed by atoms with Gasteiger partial charge < -0.3 is 10.1 Å². The number of H-pyrrole nitrogens is 1. The van der Waals surface area contributed by atoms with Crippen LogP contribution < -0.4 is 0 Å². The second-order valence-electron chi connectivity index (χ2n) is 6.18. The number of aliphatic hydroxyl groups excluding tert-OH is 1. The van der Waals surface area contributed by atoms with Crippen molar-refractivity contribution in [2.45, 2.75) is 53.1 Å². The van der Waals surface area contributed by atoms with Crippen molar-refractivity contribution in [1.82, 2.24) is 4.98 Å². The molecule has 3 atom stereocenters. The lowest BCUT2D eigenvalue weighted by molar-refractivity contribution is 0.113. The second-order valence-corrected chi connectivity index (χ2v) is 6.18. The first-order valence-corrected chi connectivity index (χ1v) is 7.86. The fraction of sp³-hybridized carbons (Fsp3) is 0.474. The fourth-order valence-electron chi connectivity index (χ4n) is 3.10. The maximum absolute atomic E-state index is 11.0. The first-order valence-electron chi connectivity index (χ1n) is 7.86. The molecule has 21 heavy (non-hydrogen) atoms. The number of benzene rings is 1. The molecule has 0 aliphatic heterocycles. The highest BCUT2D eigenvalue weighted by Gasteiger charge is 2.29. The zero-order valence-electron chi connectivity index (χ0n) is 13.8. The Hall–Kier alpha value is -1.54. The highest BCUT2D eigenvalue weighted by atomic mass is 16.3. The van der Waals surface area contributed by atoms with Crippen molar-refractivity contribution in [1.29, 1.82) is 0 Å². The van der Waals surface area contributed by atoms with Gasteiger partial charge in [0.05, 0.1) is 0 Å². The SMILES string of the molecule is CCC(C)C(c1ccccc1)C(O)c1[nH]c(C)c(C)c1C. The van der Waals surface area contributed by atoms with Crippen LogP contribution in [0, 0.1) is 26.7 Å². The molecule has 0 aliphatic rings. The van der Waals surface area contributed by atoms with Crippen molar-refractivity contribution >= 4 is 0 Å². The minimum absolute atomic E-state index is 0.118. The molecule has 1 aromatic carbocycles. The van der Waals surface area contributed by atoms with Crippen LogP contribution in [0.3, 0.4) is 0 Å². The van der Waals surface area contributed by atoms with Gasteiger partial charge in [-0.05, 0) is 43.4 Å². The van der Waals surface area contributed by atoms with E-state index in [1.54, 1.807) is 0 Å². The zero-order valence-corrected chi connectivity index (χ0v) is 13.8. The third-order valence-electron chi connectivity index (χ3n) is 4.93. The first-order chi connectivity index (χ1) is 9.97. The predicted octanol–water partition coefficient (Wildman–Crippen LogP) is 4.80. The Morgan fingerprint density at radius 1 is 1.05 bits per heavy atom. The third kappa shape index (κ3) is 3.06. The lowest BCUT2D eigenvalue weighted by Gasteiger charge is -2.28. The summed E-state index contributed by atoms with van der Waals surface area (Å²) >= 11 is 0. The number of aryl methyl sites for hydroxylation is 1. The molecular weight excluding hydrogens is 258 g/mol. The number of aliphatic hydroxyl groups is 1. The normalized spacial score (nSPS) is 15.7. The summed E-state index contributed by atoms with van der Waals surface area (Å²) in [5.41, 5.74) is 5.77. The molecule has 1 aromatic heterocycles. The van der Waals surface area contributed by atoms with E-state index < -0.39 is 6.10 Å². The Balaban J connectivity index is 2.43. The molecule has 0 radical (unpaired) electrons. The second kappa shape index (κ2) is 6.48. The lowest BCUT2D eigenvalue weighted by Crippen LogP contribution is -2.19. The van der Waals surface area contributed by atoms with E-state index in [4.69, 9.17) is 0 Å². The van der Waals surface area contributed by atoms with Gasteiger partial charge in [0, 0.05) is 17.3 Å². The Kier molecular flexibility index (Phi) is 4.89. The monoisotopic (exact) mass is 285 g/mol. The van der Waals surface area contributed by atoms with Crippen molar-refractivity contribution in [3.05, 3.63) is 58.4 Å². The van der Waals surface area contributed by atoms with E-state index in [0.29, 0.717) is 5.92 Å². The van der Waals surface area contributed by atoms with Crippen LogP contribution in [0.2, 0.25) is 0 Å². The molecule has 2 N–H and O–H groups in total. The number of hydrogen-bond donors (Lipinski definition) is 2. The molecule has 1 heterocycles. The van der Waals surface area contributed by atoms with Crippen LogP contribution in [0.4, 0.5) is 0 Å². The number of hydrogen-bond acceptors (Lipinski definition) is 1. The molecule has 2 nitrogen and oxygen atoms in total. The number of rotatable bonds is 5. The van der Waals surface area contributed by atoms with Gasteiger partial charge in [0.1, 0.15) is 6.10 Å². The van der Waals surface area contributed by atoms with Crippen LogP contribution in [0.25, 0.3) is 0 Å². The maximum Gasteiger partial charge on any atom is 0.101 e. The van der Waals surface area contributed by atoms with E-state index in [-0.39, 0.29) is 5.92 Å². The summed E-state index contributed by atoms with van der Waals surface area (Å²) in [5.74, 6) is 0.540. The quantitative estimate of drug-likeness (QED) is 0.813. The molecule has 2 aromatic rings. The van der Waals surface area contributed by atoms with Crippen molar-refractivity contribution in [2.24, 2.45) is 5.92 Å². The topological polar surface area (TPSA) is 36.0 Å². The smallest absolute Gasteiger partial charge is 0.101 e. The molecule has 0 saturated carbocycles. The summed E-state index contributed by atoms with van der Waals surface area (Å²) in [6.07, 6.45) is 0.559. The van der Waals surface area contributed by atoms with Gasteiger partial charge in [0.15, 0.2) is 0 Å². The molecule has 0 spiro atoms. The maximum atomic E-state index is 11.0. The molecule has 2 heteroatoms. The molecule has 0 aliphatic carbocycles. The van der Waals surface area contributed by atoms with Crippen molar-refractivity contribution in [3.8, 4) is 0 Å². The molecule has 0 bridgehead atoms. The number of nitrogens with one attached hydrogen (secondary N) is 1. The van der Waals surface area contributed by atoms with Gasteiger partial charge >= 0.3 is 0 Å². The third-order valence-corrected chi connectivity index (χ3v) is 4.93. The summed E-state index contributed by atoms with van der Waals surface area (Å²) in [4.78, 5) is 3.39. The summed E-state index contributed by atoms with van der Waals surface area (Å²) < 4.78 is 0. The van der Waals surface area contributed by atoms with Gasteiger partial charge in [-0.15, -0.1) is 0 Å². The Bertz CT molecular complexity index is 585. The molecular formula is C19H27NO. The average molecular weight is 285 g/mol. The Morgan fingerprint density at radius 3 is 2.14 bits per heavy atom. The van der Waals surface area contributed by atoms with E-state index >= 15 is 0 Å². The lowest BCUT2D eigenvalue weighted by atomic mass is 9.80.